The van der Waals surface area contributed by atoms with Crippen LogP contribution in [0.1, 0.15) is 26.3 Å². The quantitative estimate of drug-likeness (QED) is 0.380. The molecule has 0 saturated carbocycles. The molecule has 7 heteroatoms. The van der Waals surface area contributed by atoms with Crippen LogP contribution < -0.4 is 10.5 Å². The van der Waals surface area contributed by atoms with Crippen LogP contribution in [0.3, 0.4) is 0 Å². The highest BCUT2D eigenvalue weighted by Crippen LogP contribution is 2.43. The van der Waals surface area contributed by atoms with Crippen LogP contribution in [0.5, 0.6) is 11.5 Å². The predicted octanol–water partition coefficient (Wildman–Crippen LogP) is 4.44. The first-order valence-corrected chi connectivity index (χ1v) is 6.73. The van der Waals surface area contributed by atoms with Crippen LogP contribution in [0.15, 0.2) is 6.07 Å². The van der Waals surface area contributed by atoms with Gasteiger partial charge in [0.25, 0.3) is 0 Å². The topological polar surface area (TPSA) is 55.5 Å². The summed E-state index contributed by atoms with van der Waals surface area (Å²) in [5.74, 6) is -6.62. The lowest BCUT2D eigenvalue weighted by molar-refractivity contribution is 0.184. The predicted molar refractivity (Wildman–Crippen MR) is 77.2 cm³/mol. The van der Waals surface area contributed by atoms with Crippen molar-refractivity contribution in [3.63, 3.8) is 0 Å². The Balaban J connectivity index is 0.00000116. The largest absolute Gasteiger partial charge is 0.505 e. The van der Waals surface area contributed by atoms with Crippen LogP contribution in [-0.4, -0.2) is 12.0 Å². The summed E-state index contributed by atoms with van der Waals surface area (Å²) < 4.78 is 57.8. The van der Waals surface area contributed by atoms with E-state index in [2.05, 4.69) is 4.74 Å². The molecule has 0 amide bonds. The van der Waals surface area contributed by atoms with Gasteiger partial charge in [0.15, 0.2) is 17.4 Å². The average Bonchev–Trinajstić information content (AvgIpc) is 2.53. The molecule has 3 nitrogen and oxygen atoms in total. The highest BCUT2D eigenvalue weighted by molar-refractivity contribution is 5.99. The first-order chi connectivity index (χ1) is 10.4. The van der Waals surface area contributed by atoms with E-state index in [9.17, 15) is 22.7 Å². The molecule has 0 aromatic heterocycles. The van der Waals surface area contributed by atoms with Gasteiger partial charge in [-0.3, -0.25) is 0 Å². The van der Waals surface area contributed by atoms with E-state index >= 15 is 0 Å². The summed E-state index contributed by atoms with van der Waals surface area (Å²) >= 11 is 0. The van der Waals surface area contributed by atoms with E-state index in [0.717, 1.165) is 0 Å². The minimum atomic E-state index is -1.86. The van der Waals surface area contributed by atoms with Crippen molar-refractivity contribution >= 4 is 16.5 Å². The zero-order valence-corrected chi connectivity index (χ0v) is 12.4. The second-order valence-electron chi connectivity index (χ2n) is 4.10. The third kappa shape index (κ3) is 2.75. The van der Waals surface area contributed by atoms with Gasteiger partial charge in [0.1, 0.15) is 5.75 Å². The monoisotopic (exact) mass is 319 g/mol. The number of hydrogen-bond donors (Lipinski definition) is 2. The Kier molecular flexibility index (Phi) is 5.84. The van der Waals surface area contributed by atoms with Crippen molar-refractivity contribution in [2.24, 2.45) is 0 Å². The number of benzene rings is 2. The SMILES string of the molecule is CC.CCc1cc(N)c(O)c2c(F)c(F)c(F)c(OCF)c12. The van der Waals surface area contributed by atoms with Gasteiger partial charge in [0.05, 0.1) is 11.1 Å². The summed E-state index contributed by atoms with van der Waals surface area (Å²) in [4.78, 5) is 0. The molecule has 0 aliphatic rings. The molecule has 0 heterocycles. The van der Waals surface area contributed by atoms with Gasteiger partial charge in [-0.25, -0.2) is 13.2 Å². The van der Waals surface area contributed by atoms with Crippen molar-refractivity contribution in [2.75, 3.05) is 12.6 Å². The Morgan fingerprint density at radius 1 is 1.09 bits per heavy atom. The second kappa shape index (κ2) is 7.20. The lowest BCUT2D eigenvalue weighted by atomic mass is 9.98. The van der Waals surface area contributed by atoms with Crippen LogP contribution in [0.2, 0.25) is 0 Å². The number of aromatic hydroxyl groups is 1. The van der Waals surface area contributed by atoms with Gasteiger partial charge < -0.3 is 15.6 Å². The number of nitrogens with two attached hydrogens (primary N) is 1. The van der Waals surface area contributed by atoms with E-state index in [1.807, 2.05) is 13.8 Å². The van der Waals surface area contributed by atoms with Crippen LogP contribution in [0, 0.1) is 17.5 Å². The van der Waals surface area contributed by atoms with E-state index < -0.39 is 41.2 Å². The summed E-state index contributed by atoms with van der Waals surface area (Å²) in [6, 6.07) is 1.28. The Morgan fingerprint density at radius 3 is 2.18 bits per heavy atom. The maximum Gasteiger partial charge on any atom is 0.228 e. The maximum atomic E-state index is 13.9. The third-order valence-corrected chi connectivity index (χ3v) is 3.02. The van der Waals surface area contributed by atoms with Gasteiger partial charge in [0, 0.05) is 5.39 Å². The normalized spacial score (nSPS) is 10.3. The molecule has 0 atom stereocenters. The zero-order chi connectivity index (χ0) is 17.0. The molecule has 122 valence electrons. The van der Waals surface area contributed by atoms with Crippen molar-refractivity contribution in [1.29, 1.82) is 0 Å². The van der Waals surface area contributed by atoms with Crippen LogP contribution >= 0.6 is 0 Å². The molecule has 0 spiro atoms. The van der Waals surface area contributed by atoms with E-state index in [0.29, 0.717) is 5.56 Å². The Labute approximate surface area is 125 Å². The molecule has 2 aromatic carbocycles. The molecule has 22 heavy (non-hydrogen) atoms. The molecule has 0 bridgehead atoms. The third-order valence-electron chi connectivity index (χ3n) is 3.02. The van der Waals surface area contributed by atoms with Crippen LogP contribution in [0.25, 0.3) is 10.8 Å². The van der Waals surface area contributed by atoms with Gasteiger partial charge >= 0.3 is 0 Å². The minimum Gasteiger partial charge on any atom is -0.505 e. The van der Waals surface area contributed by atoms with Gasteiger partial charge in [-0.1, -0.05) is 20.8 Å². The number of phenolic OH excluding ortho intramolecular Hbond substituents is 1. The number of aryl methyl sites for hydroxylation is 1. The van der Waals surface area contributed by atoms with Gasteiger partial charge in [-0.15, -0.1) is 0 Å². The Morgan fingerprint density at radius 2 is 1.68 bits per heavy atom. The number of alkyl halides is 1. The number of halogens is 4. The van der Waals surface area contributed by atoms with Crippen molar-refractivity contribution in [3.8, 4) is 11.5 Å². The maximum absolute atomic E-state index is 13.9. The number of fused-ring (bicyclic) bond motifs is 1. The number of rotatable bonds is 3. The summed E-state index contributed by atoms with van der Waals surface area (Å²) in [5.41, 5.74) is 5.61. The molecule has 0 saturated heterocycles. The number of anilines is 1. The fourth-order valence-electron chi connectivity index (χ4n) is 2.11. The number of ether oxygens (including phenoxy) is 1. The lowest BCUT2D eigenvalue weighted by Crippen LogP contribution is -2.04. The standard InChI is InChI=1S/C13H11F4NO2.C2H6/c1-2-5-3-6(18)12(19)8-7(5)13(20-4-14)11(17)10(16)9(8)15;1-2/h3,19H,2,4,18H2,1H3;1-2H3. The molecule has 0 aliphatic heterocycles. The fourth-order valence-corrected chi connectivity index (χ4v) is 2.11. The number of hydrogen-bond acceptors (Lipinski definition) is 3. The van der Waals surface area contributed by atoms with Crippen LogP contribution in [-0.2, 0) is 6.42 Å². The number of phenols is 1. The van der Waals surface area contributed by atoms with E-state index in [-0.39, 0.29) is 17.5 Å². The molecular formula is C15H17F4NO2. The zero-order valence-electron chi connectivity index (χ0n) is 12.4. The number of nitrogen functional groups attached to an aromatic ring is 1. The van der Waals surface area contributed by atoms with Gasteiger partial charge in [-0.05, 0) is 18.1 Å². The first kappa shape index (κ1) is 17.9. The molecule has 2 aromatic rings. The summed E-state index contributed by atoms with van der Waals surface area (Å²) in [6.45, 7) is 4.23. The van der Waals surface area contributed by atoms with Gasteiger partial charge in [0.2, 0.25) is 12.7 Å². The lowest BCUT2D eigenvalue weighted by Gasteiger charge is -2.15. The van der Waals surface area contributed by atoms with E-state index in [1.54, 1.807) is 6.92 Å². The Hall–Kier alpha value is -2.18. The van der Waals surface area contributed by atoms with E-state index in [1.165, 1.54) is 6.07 Å². The molecule has 0 unspecified atom stereocenters. The van der Waals surface area contributed by atoms with Crippen molar-refractivity contribution in [2.45, 2.75) is 27.2 Å². The smallest absolute Gasteiger partial charge is 0.228 e. The minimum absolute atomic E-state index is 0.189. The van der Waals surface area contributed by atoms with E-state index in [4.69, 9.17) is 5.73 Å². The average molecular weight is 319 g/mol. The highest BCUT2D eigenvalue weighted by Gasteiger charge is 2.26. The van der Waals surface area contributed by atoms with Crippen molar-refractivity contribution < 1.29 is 27.4 Å². The highest BCUT2D eigenvalue weighted by atomic mass is 19.2. The fraction of sp³-hybridized carbons (Fsp3) is 0.333. The first-order valence-electron chi connectivity index (χ1n) is 6.73. The molecule has 2 rings (SSSR count). The van der Waals surface area contributed by atoms with Crippen molar-refractivity contribution in [3.05, 3.63) is 29.1 Å². The second-order valence-corrected chi connectivity index (χ2v) is 4.10. The molecule has 0 aliphatic carbocycles. The summed E-state index contributed by atoms with van der Waals surface area (Å²) in [6.07, 6.45) is 0.272. The van der Waals surface area contributed by atoms with Gasteiger partial charge in [-0.2, -0.15) is 4.39 Å². The molecule has 0 radical (unpaired) electrons. The van der Waals surface area contributed by atoms with Crippen LogP contribution in [0.4, 0.5) is 23.2 Å². The van der Waals surface area contributed by atoms with Crippen molar-refractivity contribution in [1.82, 2.24) is 0 Å². The molecule has 3 N–H and O–H groups in total. The summed E-state index contributed by atoms with van der Waals surface area (Å²) in [7, 11) is 0. The Bertz CT molecular complexity index is 690. The summed E-state index contributed by atoms with van der Waals surface area (Å²) in [5, 5.41) is 8.91. The molecule has 0 fully saturated rings. The molecular weight excluding hydrogens is 302 g/mol.